The fourth-order valence-corrected chi connectivity index (χ4v) is 2.94. The Morgan fingerprint density at radius 2 is 2.13 bits per heavy atom. The molecule has 4 nitrogen and oxygen atoms in total. The molecule has 1 N–H and O–H groups in total. The first kappa shape index (κ1) is 17.4. The fourth-order valence-electron chi connectivity index (χ4n) is 2.94. The van der Waals surface area contributed by atoms with Crippen LogP contribution in [0.3, 0.4) is 0 Å². The number of aromatic nitrogens is 1. The fraction of sp³-hybridized carbons (Fsp3) is 0.333. The molecule has 1 amide bonds. The van der Waals surface area contributed by atoms with Gasteiger partial charge in [-0.1, -0.05) is 23.8 Å². The number of amides is 1. The van der Waals surface area contributed by atoms with Gasteiger partial charge in [-0.2, -0.15) is 0 Å². The van der Waals surface area contributed by atoms with Gasteiger partial charge < -0.3 is 10.2 Å². The van der Waals surface area contributed by atoms with Crippen LogP contribution in [-0.2, 0) is 0 Å². The highest BCUT2D eigenvalue weighted by Gasteiger charge is 2.29. The van der Waals surface area contributed by atoms with E-state index in [0.717, 1.165) is 35.3 Å². The number of rotatable bonds is 2. The molecule has 0 radical (unpaired) electrons. The highest BCUT2D eigenvalue weighted by molar-refractivity contribution is 5.96. The summed E-state index contributed by atoms with van der Waals surface area (Å²) in [6, 6.07) is 10.0. The molecule has 2 heterocycles. The topological polar surface area (TPSA) is 45.2 Å². The molecule has 3 rings (SSSR count). The molecule has 23 heavy (non-hydrogen) atoms. The number of halogens is 1. The average Bonchev–Trinajstić information content (AvgIpc) is 2.57. The van der Waals surface area contributed by atoms with Crippen molar-refractivity contribution in [2.45, 2.75) is 19.9 Å². The molecule has 0 bridgehead atoms. The molecule has 1 atom stereocenters. The maximum atomic E-state index is 13.0. The van der Waals surface area contributed by atoms with E-state index in [-0.39, 0.29) is 24.4 Å². The lowest BCUT2D eigenvalue weighted by Crippen LogP contribution is -2.48. The minimum atomic E-state index is 0. The highest BCUT2D eigenvalue weighted by Crippen LogP contribution is 2.24. The molecule has 0 saturated carbocycles. The van der Waals surface area contributed by atoms with Crippen molar-refractivity contribution in [2.24, 2.45) is 0 Å². The second-order valence-corrected chi connectivity index (χ2v) is 5.82. The van der Waals surface area contributed by atoms with E-state index in [9.17, 15) is 4.79 Å². The van der Waals surface area contributed by atoms with Crippen molar-refractivity contribution < 1.29 is 4.79 Å². The van der Waals surface area contributed by atoms with E-state index < -0.39 is 0 Å². The van der Waals surface area contributed by atoms with Gasteiger partial charge in [-0.3, -0.25) is 9.78 Å². The summed E-state index contributed by atoms with van der Waals surface area (Å²) in [6.07, 6.45) is 3.61. The Balaban J connectivity index is 0.00000192. The predicted molar refractivity (Wildman–Crippen MR) is 94.0 cm³/mol. The zero-order valence-electron chi connectivity index (χ0n) is 13.5. The van der Waals surface area contributed by atoms with E-state index in [1.165, 1.54) is 0 Å². The molecule has 0 aliphatic carbocycles. The maximum absolute atomic E-state index is 13.0. The summed E-state index contributed by atoms with van der Waals surface area (Å²) >= 11 is 0. The predicted octanol–water partition coefficient (Wildman–Crippen LogP) is 2.91. The van der Waals surface area contributed by atoms with Crippen LogP contribution in [0, 0.1) is 13.8 Å². The molecule has 2 aromatic rings. The Kier molecular flexibility index (Phi) is 5.74. The monoisotopic (exact) mass is 331 g/mol. The number of aryl methyl sites for hydroxylation is 2. The maximum Gasteiger partial charge on any atom is 0.254 e. The molecule has 1 aromatic heterocycles. The van der Waals surface area contributed by atoms with Crippen molar-refractivity contribution in [3.05, 3.63) is 65.0 Å². The van der Waals surface area contributed by atoms with E-state index >= 15 is 0 Å². The van der Waals surface area contributed by atoms with E-state index in [0.29, 0.717) is 6.54 Å². The zero-order chi connectivity index (χ0) is 15.5. The third-order valence-electron chi connectivity index (χ3n) is 4.20. The first-order valence-electron chi connectivity index (χ1n) is 7.65. The van der Waals surface area contributed by atoms with Crippen molar-refractivity contribution in [3.63, 3.8) is 0 Å². The van der Waals surface area contributed by atoms with Gasteiger partial charge in [0.15, 0.2) is 0 Å². The molecule has 122 valence electrons. The van der Waals surface area contributed by atoms with Gasteiger partial charge in [0.1, 0.15) is 0 Å². The molecule has 1 aliphatic rings. The van der Waals surface area contributed by atoms with E-state index in [4.69, 9.17) is 0 Å². The normalized spacial score (nSPS) is 17.5. The van der Waals surface area contributed by atoms with Crippen molar-refractivity contribution in [1.82, 2.24) is 15.2 Å². The molecule has 1 aliphatic heterocycles. The number of hydrogen-bond donors (Lipinski definition) is 1. The first-order chi connectivity index (χ1) is 10.7. The zero-order valence-corrected chi connectivity index (χ0v) is 14.3. The van der Waals surface area contributed by atoms with Crippen LogP contribution in [0.4, 0.5) is 0 Å². The Labute approximate surface area is 143 Å². The van der Waals surface area contributed by atoms with Crippen LogP contribution < -0.4 is 5.32 Å². The second-order valence-electron chi connectivity index (χ2n) is 5.82. The van der Waals surface area contributed by atoms with Crippen LogP contribution >= 0.6 is 12.4 Å². The number of nitrogens with one attached hydrogen (secondary N) is 1. The third kappa shape index (κ3) is 3.71. The molecule has 5 heteroatoms. The van der Waals surface area contributed by atoms with Crippen LogP contribution in [0.1, 0.15) is 33.1 Å². The van der Waals surface area contributed by atoms with Gasteiger partial charge in [0, 0.05) is 37.6 Å². The number of benzene rings is 1. The number of carbonyl (C=O) groups is 1. The third-order valence-corrected chi connectivity index (χ3v) is 4.20. The quantitative estimate of drug-likeness (QED) is 0.920. The Bertz CT molecular complexity index is 675. The van der Waals surface area contributed by atoms with Crippen LogP contribution in [0.25, 0.3) is 0 Å². The van der Waals surface area contributed by atoms with E-state index in [1.807, 2.05) is 55.3 Å². The van der Waals surface area contributed by atoms with Crippen LogP contribution in [-0.4, -0.2) is 35.4 Å². The minimum Gasteiger partial charge on any atom is -0.329 e. The first-order valence-corrected chi connectivity index (χ1v) is 7.65. The van der Waals surface area contributed by atoms with Crippen molar-refractivity contribution in [1.29, 1.82) is 0 Å². The SMILES string of the molecule is Cc1ccc(C)c(C(=O)N2CCNCC2c2cccnc2)c1.Cl. The average molecular weight is 332 g/mol. The number of nitrogens with zero attached hydrogens (tertiary/aromatic N) is 2. The molecule has 1 aromatic carbocycles. The smallest absolute Gasteiger partial charge is 0.254 e. The Hall–Kier alpha value is -1.91. The van der Waals surface area contributed by atoms with Crippen molar-refractivity contribution >= 4 is 18.3 Å². The lowest BCUT2D eigenvalue weighted by Gasteiger charge is -2.36. The van der Waals surface area contributed by atoms with E-state index in [1.54, 1.807) is 6.20 Å². The van der Waals surface area contributed by atoms with Gasteiger partial charge in [0.2, 0.25) is 0 Å². The lowest BCUT2D eigenvalue weighted by molar-refractivity contribution is 0.0633. The van der Waals surface area contributed by atoms with Gasteiger partial charge in [0.05, 0.1) is 6.04 Å². The van der Waals surface area contributed by atoms with Gasteiger partial charge in [-0.25, -0.2) is 0 Å². The van der Waals surface area contributed by atoms with Gasteiger partial charge in [0.25, 0.3) is 5.91 Å². The summed E-state index contributed by atoms with van der Waals surface area (Å²) in [6.45, 7) is 6.32. The Morgan fingerprint density at radius 3 is 2.87 bits per heavy atom. The largest absolute Gasteiger partial charge is 0.329 e. The highest BCUT2D eigenvalue weighted by atomic mass is 35.5. The van der Waals surface area contributed by atoms with Gasteiger partial charge in [-0.15, -0.1) is 12.4 Å². The summed E-state index contributed by atoms with van der Waals surface area (Å²) in [7, 11) is 0. The standard InChI is InChI=1S/C18H21N3O.ClH/c1-13-5-6-14(2)16(10-13)18(22)21-9-8-20-12-17(21)15-4-3-7-19-11-15;/h3-7,10-11,17,20H,8-9,12H2,1-2H3;1H. The molecule has 1 fully saturated rings. The second kappa shape index (κ2) is 7.57. The summed E-state index contributed by atoms with van der Waals surface area (Å²) in [4.78, 5) is 19.2. The number of pyridine rings is 1. The summed E-state index contributed by atoms with van der Waals surface area (Å²) in [5, 5.41) is 3.37. The van der Waals surface area contributed by atoms with E-state index in [2.05, 4.69) is 10.3 Å². The number of hydrogen-bond acceptors (Lipinski definition) is 3. The molecule has 1 unspecified atom stereocenters. The lowest BCUT2D eigenvalue weighted by atomic mass is 10.0. The number of piperazine rings is 1. The van der Waals surface area contributed by atoms with Crippen LogP contribution in [0.2, 0.25) is 0 Å². The van der Waals surface area contributed by atoms with Crippen molar-refractivity contribution in [3.8, 4) is 0 Å². The molecule has 1 saturated heterocycles. The summed E-state index contributed by atoms with van der Waals surface area (Å²) in [5.74, 6) is 0.108. The molecule has 0 spiro atoms. The van der Waals surface area contributed by atoms with Gasteiger partial charge >= 0.3 is 0 Å². The van der Waals surface area contributed by atoms with Crippen molar-refractivity contribution in [2.75, 3.05) is 19.6 Å². The summed E-state index contributed by atoms with van der Waals surface area (Å²) < 4.78 is 0. The summed E-state index contributed by atoms with van der Waals surface area (Å²) in [5.41, 5.74) is 4.02. The van der Waals surface area contributed by atoms with Crippen LogP contribution in [0.5, 0.6) is 0 Å². The van der Waals surface area contributed by atoms with Crippen LogP contribution in [0.15, 0.2) is 42.7 Å². The Morgan fingerprint density at radius 1 is 1.30 bits per heavy atom. The minimum absolute atomic E-state index is 0. The number of carbonyl (C=O) groups excluding carboxylic acids is 1. The molecular formula is C18H22ClN3O. The molecular weight excluding hydrogens is 310 g/mol. The van der Waals surface area contributed by atoms with Gasteiger partial charge in [-0.05, 0) is 37.1 Å².